The van der Waals surface area contributed by atoms with Gasteiger partial charge < -0.3 is 36.9 Å². The first-order chi connectivity index (χ1) is 24.1. The fourth-order valence-corrected chi connectivity index (χ4v) is 5.77. The minimum absolute atomic E-state index is 0.0704. The maximum absolute atomic E-state index is 13.5. The number of carbonyl (C=O) groups excluding carboxylic acids is 1. The van der Waals surface area contributed by atoms with E-state index in [-0.39, 0.29) is 12.0 Å². The summed E-state index contributed by atoms with van der Waals surface area (Å²) in [6.07, 6.45) is 16.2. The predicted molar refractivity (Wildman–Crippen MR) is 198 cm³/mol. The molecule has 0 aliphatic carbocycles. The number of ether oxygens (including phenoxy) is 1. The van der Waals surface area contributed by atoms with Crippen LogP contribution in [0.25, 0.3) is 0 Å². The number of urea groups is 1. The number of unbranched alkanes of at least 4 members (excludes halogenated alkanes) is 5. The Kier molecular flexibility index (Phi) is 15.9. The topological polar surface area (TPSA) is 167 Å². The molecule has 2 aliphatic heterocycles. The number of hydrazine groups is 2. The number of hydrazone groups is 1. The van der Waals surface area contributed by atoms with E-state index in [2.05, 4.69) is 37.3 Å². The molecule has 0 aromatic heterocycles. The number of rotatable bonds is 13. The predicted octanol–water partition coefficient (Wildman–Crippen LogP) is 4.91. The van der Waals surface area contributed by atoms with Crippen molar-refractivity contribution in [2.75, 3.05) is 37.8 Å². The summed E-state index contributed by atoms with van der Waals surface area (Å²) in [6, 6.07) is 17.1. The Morgan fingerprint density at radius 1 is 1.00 bits per heavy atom. The van der Waals surface area contributed by atoms with Crippen LogP contribution in [-0.4, -0.2) is 55.6 Å². The van der Waals surface area contributed by atoms with Crippen molar-refractivity contribution in [2.24, 2.45) is 10.9 Å². The zero-order chi connectivity index (χ0) is 34.5. The lowest BCUT2D eigenvalue weighted by atomic mass is 10.0. The first-order valence-corrected chi connectivity index (χ1v) is 17.7. The number of hydrogen-bond acceptors (Lipinski definition) is 8. The zero-order valence-electron chi connectivity index (χ0n) is 28.8. The van der Waals surface area contributed by atoms with E-state index in [1.54, 1.807) is 0 Å². The van der Waals surface area contributed by atoms with Gasteiger partial charge in [0.15, 0.2) is 5.96 Å². The second kappa shape index (κ2) is 21.1. The molecule has 9 N–H and O–H groups in total. The quantitative estimate of drug-likeness (QED) is 0.0368. The fourth-order valence-electron chi connectivity index (χ4n) is 5.77. The number of nitrogens with one attached hydrogen (secondary N) is 7. The number of fused-ring (bicyclic) bond motifs is 1. The number of allylic oxidation sites excluding steroid dienone is 1. The van der Waals surface area contributed by atoms with Gasteiger partial charge >= 0.3 is 6.03 Å². The second-order valence-corrected chi connectivity index (χ2v) is 12.2. The number of amides is 2. The molecule has 2 heterocycles. The standard InChI is InChI=1S/C36H55N11O2/c1-2-3-23-39-35(43-38)40-24-15-6-4-5-7-16-25-46-26-17-8-9-18-27-49-32-22-14-13-21-30(32)33(41-34(37)42-36(46)48)31-28-47(45-44-31)29-19-11-10-12-20-29/h2-3,10-14,19-22,28,33,44-45H,4-9,15-18,23-27,38H2,1H3,(H2,39,40,43)(H3,37,41,42,48)/b3-2+/t33-/m1/s1. The van der Waals surface area contributed by atoms with E-state index in [1.807, 2.05) is 89.8 Å². The van der Waals surface area contributed by atoms with Crippen LogP contribution in [0.5, 0.6) is 5.75 Å². The summed E-state index contributed by atoms with van der Waals surface area (Å²) >= 11 is 0. The summed E-state index contributed by atoms with van der Waals surface area (Å²) in [5, 5.41) is 26.9. The minimum Gasteiger partial charge on any atom is -0.493 e. The van der Waals surface area contributed by atoms with Crippen LogP contribution in [0.3, 0.4) is 0 Å². The molecular formula is C36H55N11O2. The van der Waals surface area contributed by atoms with Crippen LogP contribution in [0, 0.1) is 5.41 Å². The number of nitrogens with two attached hydrogens (primary N) is 1. The summed E-state index contributed by atoms with van der Waals surface area (Å²) in [4.78, 5) is 15.4. The van der Waals surface area contributed by atoms with Crippen molar-refractivity contribution in [2.45, 2.75) is 77.2 Å². The molecule has 0 fully saturated rings. The minimum atomic E-state index is -0.484. The molecule has 0 saturated carbocycles. The first-order valence-electron chi connectivity index (χ1n) is 17.7. The molecule has 0 spiro atoms. The normalized spacial score (nSPS) is 17.9. The smallest absolute Gasteiger partial charge is 0.324 e. The van der Waals surface area contributed by atoms with Crippen molar-refractivity contribution in [3.05, 3.63) is 84.2 Å². The Morgan fingerprint density at radius 2 is 1.76 bits per heavy atom. The second-order valence-electron chi connectivity index (χ2n) is 12.2. The van der Waals surface area contributed by atoms with Gasteiger partial charge in [0.1, 0.15) is 11.8 Å². The molecule has 13 nitrogen and oxygen atoms in total. The third-order valence-corrected chi connectivity index (χ3v) is 8.45. The van der Waals surface area contributed by atoms with Crippen LogP contribution in [0.1, 0.15) is 82.7 Å². The average molecular weight is 674 g/mol. The SMILES string of the molecule is C/C=C/CNC(=NN)NCCCCCCCCN1CCCCCCOc2ccccc2[C@H](C2=CN(c3ccccc3)NN2)NC(=N)NC1=O. The van der Waals surface area contributed by atoms with Gasteiger partial charge in [0, 0.05) is 37.9 Å². The molecule has 2 aliphatic rings. The lowest BCUT2D eigenvalue weighted by molar-refractivity contribution is 0.199. The van der Waals surface area contributed by atoms with Crippen molar-refractivity contribution < 1.29 is 9.53 Å². The average Bonchev–Trinajstić information content (AvgIpc) is 3.61. The van der Waals surface area contributed by atoms with Gasteiger partial charge in [0.2, 0.25) is 5.96 Å². The highest BCUT2D eigenvalue weighted by Crippen LogP contribution is 2.31. The van der Waals surface area contributed by atoms with Crippen LogP contribution < -0.4 is 47.8 Å². The third kappa shape index (κ3) is 12.6. The Morgan fingerprint density at radius 3 is 2.57 bits per heavy atom. The van der Waals surface area contributed by atoms with Crippen molar-refractivity contribution in [3.63, 3.8) is 0 Å². The number of guanidine groups is 2. The number of carbonyl (C=O) groups is 1. The summed E-state index contributed by atoms with van der Waals surface area (Å²) in [5.41, 5.74) is 9.05. The molecule has 49 heavy (non-hydrogen) atoms. The van der Waals surface area contributed by atoms with Crippen LogP contribution in [0.2, 0.25) is 0 Å². The van der Waals surface area contributed by atoms with Crippen LogP contribution >= 0.6 is 0 Å². The Bertz CT molecular complexity index is 1380. The number of benzene rings is 2. The Hall–Kier alpha value is -4.91. The Balaban J connectivity index is 1.30. The Labute approximate surface area is 291 Å². The monoisotopic (exact) mass is 673 g/mol. The molecule has 2 aromatic rings. The highest BCUT2D eigenvalue weighted by Gasteiger charge is 2.27. The maximum atomic E-state index is 13.5. The maximum Gasteiger partial charge on any atom is 0.324 e. The lowest BCUT2D eigenvalue weighted by Gasteiger charge is -2.26. The van der Waals surface area contributed by atoms with E-state index < -0.39 is 6.04 Å². The molecule has 266 valence electrons. The van der Waals surface area contributed by atoms with Crippen LogP contribution in [-0.2, 0) is 0 Å². The van der Waals surface area contributed by atoms with E-state index in [9.17, 15) is 4.79 Å². The largest absolute Gasteiger partial charge is 0.493 e. The van der Waals surface area contributed by atoms with Gasteiger partial charge in [-0.15, -0.1) is 10.6 Å². The number of para-hydroxylation sites is 2. The van der Waals surface area contributed by atoms with Crippen LogP contribution in [0.4, 0.5) is 10.5 Å². The van der Waals surface area contributed by atoms with Crippen LogP contribution in [0.15, 0.2) is 83.7 Å². The zero-order valence-corrected chi connectivity index (χ0v) is 28.8. The molecule has 2 aromatic carbocycles. The molecule has 0 unspecified atom stereocenters. The van der Waals surface area contributed by atoms with Crippen molar-refractivity contribution in [1.82, 2.24) is 37.1 Å². The van der Waals surface area contributed by atoms with Gasteiger partial charge in [0.25, 0.3) is 0 Å². The fraction of sp³-hybridized carbons (Fsp3) is 0.472. The molecule has 0 radical (unpaired) electrons. The number of hydrogen-bond donors (Lipinski definition) is 8. The van der Waals surface area contributed by atoms with Gasteiger partial charge in [-0.05, 0) is 50.8 Å². The molecule has 0 bridgehead atoms. The van der Waals surface area contributed by atoms with Gasteiger partial charge in [-0.3, -0.25) is 15.7 Å². The first kappa shape index (κ1) is 36.9. The summed E-state index contributed by atoms with van der Waals surface area (Å²) in [6.45, 7) is 5.41. The van der Waals surface area contributed by atoms with E-state index in [4.69, 9.17) is 16.0 Å². The van der Waals surface area contributed by atoms with E-state index in [0.29, 0.717) is 32.2 Å². The van der Waals surface area contributed by atoms with Crippen molar-refractivity contribution >= 4 is 23.6 Å². The van der Waals surface area contributed by atoms with E-state index >= 15 is 0 Å². The lowest BCUT2D eigenvalue weighted by Crippen LogP contribution is -2.49. The highest BCUT2D eigenvalue weighted by molar-refractivity contribution is 5.95. The molecule has 2 amide bonds. The van der Waals surface area contributed by atoms with Gasteiger partial charge in [0.05, 0.1) is 18.0 Å². The van der Waals surface area contributed by atoms with E-state index in [1.165, 1.54) is 0 Å². The van der Waals surface area contributed by atoms with Gasteiger partial charge in [-0.1, -0.05) is 87.1 Å². The molecule has 13 heteroatoms. The summed E-state index contributed by atoms with van der Waals surface area (Å²) in [5.74, 6) is 6.74. The molecule has 1 atom stereocenters. The van der Waals surface area contributed by atoms with Gasteiger partial charge in [-0.2, -0.15) is 0 Å². The third-order valence-electron chi connectivity index (χ3n) is 8.45. The summed E-state index contributed by atoms with van der Waals surface area (Å²) in [7, 11) is 0. The summed E-state index contributed by atoms with van der Waals surface area (Å²) < 4.78 is 6.27. The molecule has 0 saturated heterocycles. The van der Waals surface area contributed by atoms with Gasteiger partial charge in [-0.25, -0.2) is 4.79 Å². The number of anilines is 1. The highest BCUT2D eigenvalue weighted by atomic mass is 16.5. The number of nitrogens with zero attached hydrogens (tertiary/aromatic N) is 3. The van der Waals surface area contributed by atoms with Crippen molar-refractivity contribution in [1.29, 1.82) is 5.41 Å². The molecule has 4 rings (SSSR count). The van der Waals surface area contributed by atoms with E-state index in [0.717, 1.165) is 93.5 Å². The van der Waals surface area contributed by atoms with Crippen molar-refractivity contribution in [3.8, 4) is 5.75 Å². The molecular weight excluding hydrogens is 618 g/mol.